The Hall–Kier alpha value is -1.06. The van der Waals surface area contributed by atoms with Crippen molar-refractivity contribution in [2.45, 2.75) is 19.4 Å². The number of rotatable bonds is 8. The minimum absolute atomic E-state index is 0.548. The van der Waals surface area contributed by atoms with Crippen LogP contribution in [0.3, 0.4) is 0 Å². The summed E-state index contributed by atoms with van der Waals surface area (Å²) in [6.45, 7) is 5.56. The molecule has 102 valence electrons. The van der Waals surface area contributed by atoms with E-state index in [1.54, 1.807) is 0 Å². The molecular weight excluding hydrogens is 222 g/mol. The smallest absolute Gasteiger partial charge is 0.0340 e. The summed E-state index contributed by atoms with van der Waals surface area (Å²) in [6.07, 6.45) is 1.22. The first-order valence-electron chi connectivity index (χ1n) is 6.73. The SMILES string of the molecule is CC(CNc1ccccc1)N(C)CCCN(C)C. The highest BCUT2D eigenvalue weighted by molar-refractivity contribution is 5.42. The average molecular weight is 249 g/mol. The summed E-state index contributed by atoms with van der Waals surface area (Å²) in [7, 11) is 6.45. The van der Waals surface area contributed by atoms with Gasteiger partial charge in [0, 0.05) is 18.3 Å². The molecule has 0 spiro atoms. The van der Waals surface area contributed by atoms with E-state index >= 15 is 0 Å². The fourth-order valence-corrected chi connectivity index (χ4v) is 1.83. The molecule has 0 fully saturated rings. The van der Waals surface area contributed by atoms with Crippen molar-refractivity contribution in [1.29, 1.82) is 0 Å². The van der Waals surface area contributed by atoms with Crippen LogP contribution in [0.4, 0.5) is 5.69 Å². The van der Waals surface area contributed by atoms with Crippen molar-refractivity contribution < 1.29 is 0 Å². The summed E-state index contributed by atoms with van der Waals surface area (Å²) >= 11 is 0. The maximum Gasteiger partial charge on any atom is 0.0340 e. The molecular formula is C15H27N3. The van der Waals surface area contributed by atoms with Crippen molar-refractivity contribution in [3.8, 4) is 0 Å². The van der Waals surface area contributed by atoms with Crippen LogP contribution in [0.25, 0.3) is 0 Å². The molecule has 0 aliphatic heterocycles. The second-order valence-corrected chi connectivity index (χ2v) is 5.23. The predicted molar refractivity (Wildman–Crippen MR) is 80.2 cm³/mol. The van der Waals surface area contributed by atoms with Crippen LogP contribution in [-0.2, 0) is 0 Å². The zero-order chi connectivity index (χ0) is 13.4. The van der Waals surface area contributed by atoms with Crippen molar-refractivity contribution in [3.63, 3.8) is 0 Å². The van der Waals surface area contributed by atoms with Gasteiger partial charge < -0.3 is 15.1 Å². The molecule has 0 saturated heterocycles. The van der Waals surface area contributed by atoms with Gasteiger partial charge in [-0.05, 0) is 59.7 Å². The summed E-state index contributed by atoms with van der Waals surface area (Å²) in [6, 6.07) is 10.9. The van der Waals surface area contributed by atoms with E-state index in [4.69, 9.17) is 0 Å². The Balaban J connectivity index is 2.21. The van der Waals surface area contributed by atoms with Gasteiger partial charge in [-0.1, -0.05) is 18.2 Å². The number of para-hydroxylation sites is 1. The molecule has 1 aromatic carbocycles. The Morgan fingerprint density at radius 3 is 2.33 bits per heavy atom. The lowest BCUT2D eigenvalue weighted by Crippen LogP contribution is -2.36. The number of anilines is 1. The van der Waals surface area contributed by atoms with E-state index in [9.17, 15) is 0 Å². The molecule has 0 bridgehead atoms. The molecule has 3 nitrogen and oxygen atoms in total. The van der Waals surface area contributed by atoms with Crippen molar-refractivity contribution >= 4 is 5.69 Å². The normalized spacial score (nSPS) is 13.0. The Bertz CT molecular complexity index is 311. The van der Waals surface area contributed by atoms with Crippen LogP contribution in [0.1, 0.15) is 13.3 Å². The first-order chi connectivity index (χ1) is 8.59. The van der Waals surface area contributed by atoms with Crippen LogP contribution in [0.2, 0.25) is 0 Å². The lowest BCUT2D eigenvalue weighted by atomic mass is 10.2. The highest BCUT2D eigenvalue weighted by atomic mass is 15.1. The van der Waals surface area contributed by atoms with Crippen molar-refractivity contribution in [2.24, 2.45) is 0 Å². The van der Waals surface area contributed by atoms with Crippen LogP contribution in [0.5, 0.6) is 0 Å². The molecule has 1 unspecified atom stereocenters. The van der Waals surface area contributed by atoms with E-state index in [0.29, 0.717) is 6.04 Å². The molecule has 0 aromatic heterocycles. The molecule has 0 amide bonds. The fraction of sp³-hybridized carbons (Fsp3) is 0.600. The molecule has 0 heterocycles. The number of benzene rings is 1. The molecule has 18 heavy (non-hydrogen) atoms. The van der Waals surface area contributed by atoms with Gasteiger partial charge in [0.25, 0.3) is 0 Å². The van der Waals surface area contributed by atoms with Crippen LogP contribution in [0, 0.1) is 0 Å². The summed E-state index contributed by atoms with van der Waals surface area (Å²) in [5.74, 6) is 0. The van der Waals surface area contributed by atoms with Gasteiger partial charge in [-0.2, -0.15) is 0 Å². The van der Waals surface area contributed by atoms with Crippen LogP contribution in [0.15, 0.2) is 30.3 Å². The van der Waals surface area contributed by atoms with Gasteiger partial charge in [-0.15, -0.1) is 0 Å². The monoisotopic (exact) mass is 249 g/mol. The highest BCUT2D eigenvalue weighted by Crippen LogP contribution is 2.06. The molecule has 1 atom stereocenters. The second kappa shape index (κ2) is 8.11. The number of hydrogen-bond donors (Lipinski definition) is 1. The molecule has 0 aliphatic rings. The summed E-state index contributed by atoms with van der Waals surface area (Å²) in [5, 5.41) is 3.47. The molecule has 1 N–H and O–H groups in total. The zero-order valence-corrected chi connectivity index (χ0v) is 12.2. The van der Waals surface area contributed by atoms with E-state index in [2.05, 4.69) is 67.4 Å². The van der Waals surface area contributed by atoms with Gasteiger partial charge in [0.1, 0.15) is 0 Å². The lowest BCUT2D eigenvalue weighted by Gasteiger charge is -2.25. The number of likely N-dealkylation sites (N-methyl/N-ethyl adjacent to an activating group) is 1. The molecule has 0 saturated carbocycles. The number of nitrogens with one attached hydrogen (secondary N) is 1. The topological polar surface area (TPSA) is 18.5 Å². The van der Waals surface area contributed by atoms with Gasteiger partial charge in [0.2, 0.25) is 0 Å². The predicted octanol–water partition coefficient (Wildman–Crippen LogP) is 2.37. The second-order valence-electron chi connectivity index (χ2n) is 5.23. The summed E-state index contributed by atoms with van der Waals surface area (Å²) in [5.41, 5.74) is 1.20. The molecule has 3 heteroatoms. The van der Waals surface area contributed by atoms with E-state index in [-0.39, 0.29) is 0 Å². The molecule has 1 rings (SSSR count). The van der Waals surface area contributed by atoms with Crippen molar-refractivity contribution in [2.75, 3.05) is 46.1 Å². The van der Waals surface area contributed by atoms with Crippen molar-refractivity contribution in [1.82, 2.24) is 9.80 Å². The Morgan fingerprint density at radius 2 is 1.72 bits per heavy atom. The quantitative estimate of drug-likeness (QED) is 0.763. The Kier molecular flexibility index (Phi) is 6.76. The standard InChI is InChI=1S/C15H27N3/c1-14(18(4)12-8-11-17(2)3)13-16-15-9-6-5-7-10-15/h5-7,9-10,14,16H,8,11-13H2,1-4H3. The maximum atomic E-state index is 3.47. The van der Waals surface area contributed by atoms with Crippen LogP contribution in [-0.4, -0.2) is 56.6 Å². The van der Waals surface area contributed by atoms with E-state index in [1.807, 2.05) is 6.07 Å². The first kappa shape index (κ1) is 15.0. The molecule has 1 aromatic rings. The van der Waals surface area contributed by atoms with E-state index < -0.39 is 0 Å². The Morgan fingerprint density at radius 1 is 1.06 bits per heavy atom. The average Bonchev–Trinajstić information content (AvgIpc) is 2.36. The van der Waals surface area contributed by atoms with Crippen molar-refractivity contribution in [3.05, 3.63) is 30.3 Å². The van der Waals surface area contributed by atoms with Gasteiger partial charge >= 0.3 is 0 Å². The minimum atomic E-state index is 0.548. The number of nitrogens with zero attached hydrogens (tertiary/aromatic N) is 2. The molecule has 0 aliphatic carbocycles. The van der Waals surface area contributed by atoms with Gasteiger partial charge in [-0.3, -0.25) is 0 Å². The summed E-state index contributed by atoms with van der Waals surface area (Å²) in [4.78, 5) is 4.65. The fourth-order valence-electron chi connectivity index (χ4n) is 1.83. The van der Waals surface area contributed by atoms with Gasteiger partial charge in [0.05, 0.1) is 0 Å². The zero-order valence-electron chi connectivity index (χ0n) is 12.2. The van der Waals surface area contributed by atoms with Crippen LogP contribution >= 0.6 is 0 Å². The number of hydrogen-bond acceptors (Lipinski definition) is 3. The van der Waals surface area contributed by atoms with Gasteiger partial charge in [-0.25, -0.2) is 0 Å². The lowest BCUT2D eigenvalue weighted by molar-refractivity contribution is 0.250. The van der Waals surface area contributed by atoms with E-state index in [1.165, 1.54) is 12.1 Å². The van der Waals surface area contributed by atoms with E-state index in [0.717, 1.165) is 19.6 Å². The third kappa shape index (κ3) is 6.03. The Labute approximate surface area is 112 Å². The van der Waals surface area contributed by atoms with Crippen LogP contribution < -0.4 is 5.32 Å². The minimum Gasteiger partial charge on any atom is -0.383 e. The first-order valence-corrected chi connectivity index (χ1v) is 6.73. The molecule has 0 radical (unpaired) electrons. The van der Waals surface area contributed by atoms with Gasteiger partial charge in [0.15, 0.2) is 0 Å². The summed E-state index contributed by atoms with van der Waals surface area (Å²) < 4.78 is 0. The highest BCUT2D eigenvalue weighted by Gasteiger charge is 2.08. The maximum absolute atomic E-state index is 3.47. The third-order valence-electron chi connectivity index (χ3n) is 3.24. The largest absolute Gasteiger partial charge is 0.383 e. The third-order valence-corrected chi connectivity index (χ3v) is 3.24.